The number of carboxylic acids is 1. The van der Waals surface area contributed by atoms with Gasteiger partial charge in [-0.2, -0.15) is 0 Å². The number of urea groups is 1. The lowest BCUT2D eigenvalue weighted by Gasteiger charge is -2.21. The molecule has 1 aliphatic rings. The van der Waals surface area contributed by atoms with Gasteiger partial charge in [-0.15, -0.1) is 0 Å². The van der Waals surface area contributed by atoms with Crippen LogP contribution in [-0.2, 0) is 4.79 Å². The standard InChI is InChI=1S/C11H18F2N2O3/c1-10(8(16)17)4-6-15(7-10)9(18)14-5-3-11(2,12)13/h3-7H2,1-2H3,(H,14,18)(H,16,17). The molecule has 0 aliphatic carbocycles. The van der Waals surface area contributed by atoms with Gasteiger partial charge in [0.05, 0.1) is 5.41 Å². The fourth-order valence-electron chi connectivity index (χ4n) is 1.81. The number of rotatable bonds is 4. The van der Waals surface area contributed by atoms with Crippen LogP contribution in [0.2, 0.25) is 0 Å². The number of halogens is 2. The van der Waals surface area contributed by atoms with E-state index in [1.165, 1.54) is 4.90 Å². The van der Waals surface area contributed by atoms with Crippen LogP contribution >= 0.6 is 0 Å². The second-order valence-electron chi connectivity index (χ2n) is 5.09. The van der Waals surface area contributed by atoms with Crippen molar-refractivity contribution in [2.24, 2.45) is 5.41 Å². The third-order valence-electron chi connectivity index (χ3n) is 3.12. The fraction of sp³-hybridized carbons (Fsp3) is 0.818. The first-order valence-corrected chi connectivity index (χ1v) is 5.78. The summed E-state index contributed by atoms with van der Waals surface area (Å²) >= 11 is 0. The number of alkyl halides is 2. The van der Waals surface area contributed by atoms with Gasteiger partial charge in [0, 0.05) is 26.1 Å². The summed E-state index contributed by atoms with van der Waals surface area (Å²) in [6, 6.07) is -0.482. The molecule has 1 atom stereocenters. The highest BCUT2D eigenvalue weighted by Crippen LogP contribution is 2.29. The maximum absolute atomic E-state index is 12.5. The average molecular weight is 264 g/mol. The van der Waals surface area contributed by atoms with Crippen molar-refractivity contribution >= 4 is 12.0 Å². The van der Waals surface area contributed by atoms with Crippen LogP contribution in [0, 0.1) is 5.41 Å². The summed E-state index contributed by atoms with van der Waals surface area (Å²) in [7, 11) is 0. The van der Waals surface area contributed by atoms with E-state index in [9.17, 15) is 18.4 Å². The molecule has 104 valence electrons. The summed E-state index contributed by atoms with van der Waals surface area (Å²) in [5.41, 5.74) is -0.938. The Hall–Kier alpha value is -1.40. The number of carbonyl (C=O) groups excluding carboxylic acids is 1. The number of aliphatic carboxylic acids is 1. The zero-order valence-corrected chi connectivity index (χ0v) is 10.5. The minimum Gasteiger partial charge on any atom is -0.481 e. The Balaban J connectivity index is 2.39. The summed E-state index contributed by atoms with van der Waals surface area (Å²) in [5.74, 6) is -3.76. The highest BCUT2D eigenvalue weighted by atomic mass is 19.3. The van der Waals surface area contributed by atoms with E-state index in [4.69, 9.17) is 5.11 Å². The summed E-state index contributed by atoms with van der Waals surface area (Å²) in [6.07, 6.45) is -0.0531. The van der Waals surface area contributed by atoms with Gasteiger partial charge in [-0.1, -0.05) is 0 Å². The molecule has 5 nitrogen and oxygen atoms in total. The highest BCUT2D eigenvalue weighted by Gasteiger charge is 2.42. The molecule has 1 heterocycles. The minimum absolute atomic E-state index is 0.108. The van der Waals surface area contributed by atoms with Crippen LogP contribution in [0.1, 0.15) is 26.7 Å². The van der Waals surface area contributed by atoms with Crippen LogP contribution in [-0.4, -0.2) is 47.6 Å². The molecule has 2 N–H and O–H groups in total. The smallest absolute Gasteiger partial charge is 0.317 e. The van der Waals surface area contributed by atoms with Crippen LogP contribution < -0.4 is 5.32 Å². The summed E-state index contributed by atoms with van der Waals surface area (Å²) < 4.78 is 25.1. The normalized spacial score (nSPS) is 24.1. The van der Waals surface area contributed by atoms with Crippen molar-refractivity contribution in [1.29, 1.82) is 0 Å². The number of likely N-dealkylation sites (tertiary alicyclic amines) is 1. The molecule has 0 bridgehead atoms. The van der Waals surface area contributed by atoms with Crippen molar-refractivity contribution in [2.45, 2.75) is 32.6 Å². The molecule has 0 aromatic carbocycles. The van der Waals surface area contributed by atoms with Crippen LogP contribution in [0.3, 0.4) is 0 Å². The Labute approximate surface area is 104 Å². The van der Waals surface area contributed by atoms with Crippen molar-refractivity contribution < 1.29 is 23.5 Å². The fourth-order valence-corrected chi connectivity index (χ4v) is 1.81. The molecule has 2 amide bonds. The molecule has 7 heteroatoms. The van der Waals surface area contributed by atoms with E-state index in [0.29, 0.717) is 13.0 Å². The van der Waals surface area contributed by atoms with Gasteiger partial charge in [0.25, 0.3) is 0 Å². The van der Waals surface area contributed by atoms with Crippen LogP contribution in [0.5, 0.6) is 0 Å². The molecule has 0 saturated carbocycles. The SMILES string of the molecule is CC(F)(F)CCNC(=O)N1CCC(C)(C(=O)O)C1. The molecule has 1 unspecified atom stereocenters. The topological polar surface area (TPSA) is 69.6 Å². The Kier molecular flexibility index (Phi) is 4.13. The van der Waals surface area contributed by atoms with Crippen LogP contribution in [0.4, 0.5) is 13.6 Å². The van der Waals surface area contributed by atoms with E-state index in [0.717, 1.165) is 6.92 Å². The van der Waals surface area contributed by atoms with Gasteiger partial charge in [0.1, 0.15) is 0 Å². The van der Waals surface area contributed by atoms with Gasteiger partial charge >= 0.3 is 12.0 Å². The zero-order chi connectivity index (χ0) is 14.0. The lowest BCUT2D eigenvalue weighted by Crippen LogP contribution is -2.41. The van der Waals surface area contributed by atoms with E-state index in [1.807, 2.05) is 0 Å². The molecule has 0 aromatic rings. The Morgan fingerprint density at radius 1 is 1.50 bits per heavy atom. The van der Waals surface area contributed by atoms with E-state index >= 15 is 0 Å². The van der Waals surface area contributed by atoms with Crippen molar-refractivity contribution in [1.82, 2.24) is 10.2 Å². The molecular formula is C11H18F2N2O3. The quantitative estimate of drug-likeness (QED) is 0.809. The Morgan fingerprint density at radius 3 is 2.56 bits per heavy atom. The van der Waals surface area contributed by atoms with Crippen molar-refractivity contribution in [3.05, 3.63) is 0 Å². The molecule has 1 saturated heterocycles. The second-order valence-corrected chi connectivity index (χ2v) is 5.09. The number of carbonyl (C=O) groups is 2. The van der Waals surface area contributed by atoms with Crippen molar-refractivity contribution in [2.75, 3.05) is 19.6 Å². The molecule has 1 aliphatic heterocycles. The summed E-state index contributed by atoms with van der Waals surface area (Å²) in [4.78, 5) is 23.9. The first kappa shape index (κ1) is 14.7. The number of nitrogens with one attached hydrogen (secondary N) is 1. The zero-order valence-electron chi connectivity index (χ0n) is 10.5. The van der Waals surface area contributed by atoms with E-state index in [2.05, 4.69) is 5.32 Å². The number of nitrogens with zero attached hydrogens (tertiary/aromatic N) is 1. The van der Waals surface area contributed by atoms with Crippen molar-refractivity contribution in [3.63, 3.8) is 0 Å². The third kappa shape index (κ3) is 3.82. The number of hydrogen-bond donors (Lipinski definition) is 2. The third-order valence-corrected chi connectivity index (χ3v) is 3.12. The van der Waals surface area contributed by atoms with Gasteiger partial charge in [-0.3, -0.25) is 4.79 Å². The molecule has 1 fully saturated rings. The van der Waals surface area contributed by atoms with Crippen LogP contribution in [0.15, 0.2) is 0 Å². The van der Waals surface area contributed by atoms with Gasteiger partial charge in [-0.25, -0.2) is 13.6 Å². The number of carboxylic acid groups (broad SMARTS) is 1. The van der Waals surface area contributed by atoms with Gasteiger partial charge < -0.3 is 15.3 Å². The number of hydrogen-bond acceptors (Lipinski definition) is 2. The predicted octanol–water partition coefficient (Wildman–Crippen LogP) is 1.54. The molecular weight excluding hydrogens is 246 g/mol. The maximum Gasteiger partial charge on any atom is 0.317 e. The van der Waals surface area contributed by atoms with E-state index in [-0.39, 0.29) is 13.1 Å². The summed E-state index contributed by atoms with van der Waals surface area (Å²) in [6.45, 7) is 2.68. The largest absolute Gasteiger partial charge is 0.481 e. The predicted molar refractivity (Wildman–Crippen MR) is 60.6 cm³/mol. The first-order chi connectivity index (χ1) is 8.14. The minimum atomic E-state index is -2.81. The Morgan fingerprint density at radius 2 is 2.11 bits per heavy atom. The molecule has 18 heavy (non-hydrogen) atoms. The lowest BCUT2D eigenvalue weighted by atomic mass is 9.90. The van der Waals surface area contributed by atoms with E-state index in [1.54, 1.807) is 6.92 Å². The Bertz CT molecular complexity index is 344. The van der Waals surface area contributed by atoms with Crippen LogP contribution in [0.25, 0.3) is 0 Å². The van der Waals surface area contributed by atoms with Gasteiger partial charge in [-0.05, 0) is 20.3 Å². The average Bonchev–Trinajstić information content (AvgIpc) is 2.60. The molecule has 0 radical (unpaired) electrons. The molecule has 0 spiro atoms. The monoisotopic (exact) mass is 264 g/mol. The first-order valence-electron chi connectivity index (χ1n) is 5.78. The summed E-state index contributed by atoms with van der Waals surface area (Å²) in [5, 5.41) is 11.4. The maximum atomic E-state index is 12.5. The van der Waals surface area contributed by atoms with Gasteiger partial charge in [0.2, 0.25) is 5.92 Å². The van der Waals surface area contributed by atoms with Crippen molar-refractivity contribution in [3.8, 4) is 0 Å². The molecule has 0 aromatic heterocycles. The lowest BCUT2D eigenvalue weighted by molar-refractivity contribution is -0.147. The van der Waals surface area contributed by atoms with Gasteiger partial charge in [0.15, 0.2) is 0 Å². The number of amides is 2. The highest BCUT2D eigenvalue weighted by molar-refractivity contribution is 5.79. The second kappa shape index (κ2) is 5.07. The van der Waals surface area contributed by atoms with E-state index < -0.39 is 29.8 Å². The molecule has 1 rings (SSSR count).